The summed E-state index contributed by atoms with van der Waals surface area (Å²) >= 11 is 2.03. The highest BCUT2D eigenvalue weighted by atomic mass is 127. The van der Waals surface area contributed by atoms with E-state index in [0.717, 1.165) is 5.56 Å². The van der Waals surface area contributed by atoms with Crippen molar-refractivity contribution >= 4 is 60.7 Å². The van der Waals surface area contributed by atoms with E-state index in [9.17, 15) is 18.3 Å². The number of amides is 1. The molecule has 0 heterocycles. The Balaban J connectivity index is 1.76. The van der Waals surface area contributed by atoms with E-state index in [1.54, 1.807) is 60.7 Å². The molecule has 0 fully saturated rings. The number of phenols is 1. The number of rotatable bonds is 5. The van der Waals surface area contributed by atoms with Crippen LogP contribution in [0.15, 0.2) is 94.0 Å². The fraction of sp³-hybridized carbons (Fsp3) is 0.0417. The minimum Gasteiger partial charge on any atom is -0.505 e. The molecule has 0 aliphatic carbocycles. The Labute approximate surface area is 204 Å². The minimum absolute atomic E-state index is 0.0328. The fourth-order valence-corrected chi connectivity index (χ4v) is 4.90. The first-order valence-electron chi connectivity index (χ1n) is 9.81. The second-order valence-corrected chi connectivity index (χ2v) is 10.1. The topological polar surface area (TPSA) is 108 Å². The molecule has 166 valence electrons. The molecule has 4 aromatic carbocycles. The van der Waals surface area contributed by atoms with Crippen molar-refractivity contribution in [2.45, 2.75) is 11.8 Å². The van der Waals surface area contributed by atoms with E-state index in [2.05, 4.69) is 15.0 Å². The number of sulfonamides is 1. The van der Waals surface area contributed by atoms with Gasteiger partial charge in [-0.1, -0.05) is 54.1 Å². The fourth-order valence-electron chi connectivity index (χ4n) is 3.21. The van der Waals surface area contributed by atoms with Crippen LogP contribution in [0.1, 0.15) is 15.9 Å². The van der Waals surface area contributed by atoms with Gasteiger partial charge in [0.25, 0.3) is 15.9 Å². The number of aromatic hydroxyl groups is 1. The van der Waals surface area contributed by atoms with Crippen LogP contribution < -0.4 is 4.72 Å². The molecule has 9 heteroatoms. The van der Waals surface area contributed by atoms with Gasteiger partial charge >= 0.3 is 0 Å². The van der Waals surface area contributed by atoms with Crippen molar-refractivity contribution in [3.8, 4) is 5.75 Å². The van der Waals surface area contributed by atoms with Gasteiger partial charge in [-0.2, -0.15) is 0 Å². The minimum atomic E-state index is -3.90. The lowest BCUT2D eigenvalue weighted by molar-refractivity contribution is 0.0994. The van der Waals surface area contributed by atoms with Gasteiger partial charge in [0.2, 0.25) is 0 Å². The number of aryl methyl sites for hydroxylation is 1. The number of nitrogens with one attached hydrogen (secondary N) is 1. The Morgan fingerprint density at radius 1 is 0.939 bits per heavy atom. The molecule has 0 spiro atoms. The van der Waals surface area contributed by atoms with Crippen LogP contribution in [0.3, 0.4) is 0 Å². The number of benzene rings is 4. The van der Waals surface area contributed by atoms with Gasteiger partial charge in [-0.3, -0.25) is 9.52 Å². The van der Waals surface area contributed by atoms with Gasteiger partial charge < -0.3 is 5.11 Å². The highest BCUT2D eigenvalue weighted by Gasteiger charge is 2.19. The van der Waals surface area contributed by atoms with E-state index in [4.69, 9.17) is 0 Å². The van der Waals surface area contributed by atoms with Gasteiger partial charge in [0.1, 0.15) is 5.69 Å². The van der Waals surface area contributed by atoms with Crippen LogP contribution in [0.4, 0.5) is 11.4 Å². The predicted octanol–water partition coefficient (Wildman–Crippen LogP) is 6.18. The molecule has 0 aliphatic heterocycles. The predicted molar refractivity (Wildman–Crippen MR) is 136 cm³/mol. The number of hydrogen-bond donors (Lipinski definition) is 2. The SMILES string of the molecule is Cc1ccc(S(=O)(=O)Nc2cc(N=NC(=O)c3ccccc3I)c(O)c3ccccc23)cc1. The van der Waals surface area contributed by atoms with Crippen molar-refractivity contribution < 1.29 is 18.3 Å². The van der Waals surface area contributed by atoms with Crippen LogP contribution in [-0.2, 0) is 10.0 Å². The Bertz CT molecular complexity index is 1500. The standard InChI is InChI=1S/C24H18IN3O4S/c1-15-10-12-16(13-11-15)33(31,32)28-21-14-22(23(29)18-7-3-2-6-17(18)21)26-27-24(30)19-8-4-5-9-20(19)25/h2-14,28-29H,1H3. The zero-order valence-corrected chi connectivity index (χ0v) is 20.3. The number of anilines is 1. The average molecular weight is 571 g/mol. The smallest absolute Gasteiger partial charge is 0.296 e. The lowest BCUT2D eigenvalue weighted by Crippen LogP contribution is -2.13. The Kier molecular flexibility index (Phi) is 6.43. The highest BCUT2D eigenvalue weighted by Crippen LogP contribution is 2.40. The third-order valence-corrected chi connectivity index (χ3v) is 7.25. The first kappa shape index (κ1) is 22.9. The molecule has 4 rings (SSSR count). The molecule has 0 saturated heterocycles. The van der Waals surface area contributed by atoms with Crippen molar-refractivity contribution in [3.63, 3.8) is 0 Å². The van der Waals surface area contributed by atoms with E-state index in [0.29, 0.717) is 19.9 Å². The molecule has 4 aromatic rings. The lowest BCUT2D eigenvalue weighted by atomic mass is 10.1. The molecule has 1 amide bonds. The summed E-state index contributed by atoms with van der Waals surface area (Å²) in [4.78, 5) is 12.6. The summed E-state index contributed by atoms with van der Waals surface area (Å²) < 4.78 is 29.2. The number of halogens is 1. The normalized spacial score (nSPS) is 11.7. The third-order valence-electron chi connectivity index (χ3n) is 4.92. The Morgan fingerprint density at radius 3 is 2.27 bits per heavy atom. The molecule has 7 nitrogen and oxygen atoms in total. The van der Waals surface area contributed by atoms with E-state index in [1.165, 1.54) is 18.2 Å². The average Bonchev–Trinajstić information content (AvgIpc) is 2.80. The summed E-state index contributed by atoms with van der Waals surface area (Å²) in [5.41, 5.74) is 1.49. The van der Waals surface area contributed by atoms with Crippen LogP contribution in [0.2, 0.25) is 0 Å². The summed E-state index contributed by atoms with van der Waals surface area (Å²) in [7, 11) is -3.90. The summed E-state index contributed by atoms with van der Waals surface area (Å²) in [6.07, 6.45) is 0. The molecule has 0 bridgehead atoms. The number of carbonyl (C=O) groups excluding carboxylic acids is 1. The van der Waals surface area contributed by atoms with Crippen LogP contribution >= 0.6 is 22.6 Å². The first-order chi connectivity index (χ1) is 15.8. The number of nitrogens with zero attached hydrogens (tertiary/aromatic N) is 2. The molecule has 33 heavy (non-hydrogen) atoms. The number of azo groups is 1. The molecule has 0 atom stereocenters. The quantitative estimate of drug-likeness (QED) is 0.169. The second-order valence-electron chi connectivity index (χ2n) is 7.24. The van der Waals surface area contributed by atoms with Gasteiger partial charge in [-0.25, -0.2) is 8.42 Å². The van der Waals surface area contributed by atoms with Crippen LogP contribution in [0, 0.1) is 10.5 Å². The number of phenolic OH excluding ortho intramolecular Hbond substituents is 1. The van der Waals surface area contributed by atoms with Crippen LogP contribution in [-0.4, -0.2) is 19.4 Å². The summed E-state index contributed by atoms with van der Waals surface area (Å²) in [6.45, 7) is 1.87. The molecule has 0 unspecified atom stereocenters. The maximum absolute atomic E-state index is 13.0. The number of hydrogen-bond acceptors (Lipinski definition) is 5. The highest BCUT2D eigenvalue weighted by molar-refractivity contribution is 14.1. The zero-order valence-electron chi connectivity index (χ0n) is 17.4. The van der Waals surface area contributed by atoms with Crippen LogP contribution in [0.5, 0.6) is 5.75 Å². The maximum atomic E-state index is 13.0. The molecular formula is C24H18IN3O4S. The van der Waals surface area contributed by atoms with Crippen LogP contribution in [0.25, 0.3) is 10.8 Å². The van der Waals surface area contributed by atoms with E-state index in [1.807, 2.05) is 29.5 Å². The number of carbonyl (C=O) groups is 1. The van der Waals surface area contributed by atoms with E-state index < -0.39 is 15.9 Å². The van der Waals surface area contributed by atoms with Crippen molar-refractivity contribution in [2.75, 3.05) is 4.72 Å². The summed E-state index contributed by atoms with van der Waals surface area (Å²) in [6, 6.07) is 21.5. The third kappa shape index (κ3) is 4.88. The molecule has 0 aromatic heterocycles. The Morgan fingerprint density at radius 2 is 1.58 bits per heavy atom. The molecule has 2 N–H and O–H groups in total. The summed E-state index contributed by atoms with van der Waals surface area (Å²) in [5, 5.41) is 19.2. The Hall–Kier alpha value is -3.31. The monoisotopic (exact) mass is 571 g/mol. The molecule has 0 saturated carbocycles. The van der Waals surface area contributed by atoms with Gasteiger partial charge in [-0.05, 0) is 59.8 Å². The second kappa shape index (κ2) is 9.28. The first-order valence-corrected chi connectivity index (χ1v) is 12.4. The maximum Gasteiger partial charge on any atom is 0.296 e. The van der Waals surface area contributed by atoms with Gasteiger partial charge in [-0.15, -0.1) is 10.2 Å². The molecule has 0 radical (unpaired) electrons. The zero-order chi connectivity index (χ0) is 23.6. The van der Waals surface area contributed by atoms with Crippen molar-refractivity contribution in [1.82, 2.24) is 0 Å². The number of fused-ring (bicyclic) bond motifs is 1. The van der Waals surface area contributed by atoms with E-state index >= 15 is 0 Å². The van der Waals surface area contributed by atoms with Crippen molar-refractivity contribution in [2.24, 2.45) is 10.2 Å². The van der Waals surface area contributed by atoms with Crippen molar-refractivity contribution in [3.05, 3.63) is 93.6 Å². The van der Waals surface area contributed by atoms with Gasteiger partial charge in [0, 0.05) is 14.3 Å². The van der Waals surface area contributed by atoms with Gasteiger partial charge in [0.05, 0.1) is 16.1 Å². The largest absolute Gasteiger partial charge is 0.505 e. The van der Waals surface area contributed by atoms with Crippen molar-refractivity contribution in [1.29, 1.82) is 0 Å². The van der Waals surface area contributed by atoms with E-state index in [-0.39, 0.29) is 22.0 Å². The lowest BCUT2D eigenvalue weighted by Gasteiger charge is -2.13. The summed E-state index contributed by atoms with van der Waals surface area (Å²) in [5.74, 6) is -0.780. The molecule has 0 aliphatic rings. The molecular weight excluding hydrogens is 553 g/mol. The van der Waals surface area contributed by atoms with Gasteiger partial charge in [0.15, 0.2) is 5.75 Å².